The summed E-state index contributed by atoms with van der Waals surface area (Å²) in [4.78, 5) is 24.4. The summed E-state index contributed by atoms with van der Waals surface area (Å²) in [5.74, 6) is -0.426. The number of benzene rings is 1. The molecule has 1 aromatic rings. The predicted molar refractivity (Wildman–Crippen MR) is 70.1 cm³/mol. The Kier molecular flexibility index (Phi) is 4.50. The molecule has 0 unspecified atom stereocenters. The molecule has 0 atom stereocenters. The van der Waals surface area contributed by atoms with Gasteiger partial charge in [0.05, 0.1) is 0 Å². The molecule has 0 aliphatic heterocycles. The van der Waals surface area contributed by atoms with Gasteiger partial charge in [-0.15, -0.1) is 5.73 Å². The van der Waals surface area contributed by atoms with E-state index in [1.54, 1.807) is 0 Å². The topological polar surface area (TPSA) is 34.1 Å². The van der Waals surface area contributed by atoms with Gasteiger partial charge in [0.15, 0.2) is 16.3 Å². The summed E-state index contributed by atoms with van der Waals surface area (Å²) in [5.41, 5.74) is 2.55. The van der Waals surface area contributed by atoms with Crippen LogP contribution in [0.2, 0.25) is 0 Å². The standard InChI is InChI=1S/C14H14O2S/c1-4-10-14(11(2)15,12(3)16)17-13-8-6-5-7-9-13/h5-10H,1H2,2-3H3. The summed E-state index contributed by atoms with van der Waals surface area (Å²) < 4.78 is -1.21. The minimum absolute atomic E-state index is 0.213. The van der Waals surface area contributed by atoms with Gasteiger partial charge >= 0.3 is 0 Å². The van der Waals surface area contributed by atoms with Crippen molar-refractivity contribution in [2.45, 2.75) is 23.5 Å². The number of hydrogen-bond acceptors (Lipinski definition) is 3. The summed E-state index contributed by atoms with van der Waals surface area (Å²) in [6, 6.07) is 9.34. The highest BCUT2D eigenvalue weighted by Gasteiger charge is 2.39. The lowest BCUT2D eigenvalue weighted by Crippen LogP contribution is -2.38. The van der Waals surface area contributed by atoms with E-state index in [2.05, 4.69) is 12.3 Å². The van der Waals surface area contributed by atoms with Gasteiger partial charge in [0.1, 0.15) is 0 Å². The van der Waals surface area contributed by atoms with Gasteiger partial charge in [-0.25, -0.2) is 0 Å². The molecule has 0 aliphatic rings. The minimum Gasteiger partial charge on any atom is -0.298 e. The van der Waals surface area contributed by atoms with Crippen molar-refractivity contribution in [3.63, 3.8) is 0 Å². The Morgan fingerprint density at radius 2 is 1.76 bits per heavy atom. The molecule has 0 amide bonds. The first-order valence-electron chi connectivity index (χ1n) is 5.16. The maximum atomic E-state index is 11.8. The van der Waals surface area contributed by atoms with E-state index in [1.165, 1.54) is 31.7 Å². The lowest BCUT2D eigenvalue weighted by Gasteiger charge is -2.23. The van der Waals surface area contributed by atoms with Crippen molar-refractivity contribution in [3.8, 4) is 0 Å². The zero-order valence-electron chi connectivity index (χ0n) is 9.90. The van der Waals surface area contributed by atoms with Crippen molar-refractivity contribution in [1.29, 1.82) is 0 Å². The number of Topliss-reactive ketones (excluding diaryl/α,β-unsaturated/α-hetero) is 2. The molecule has 0 aromatic heterocycles. The maximum absolute atomic E-state index is 11.8. The first-order valence-corrected chi connectivity index (χ1v) is 5.97. The second kappa shape index (κ2) is 5.67. The highest BCUT2D eigenvalue weighted by atomic mass is 32.2. The molecule has 2 nitrogen and oxygen atoms in total. The Labute approximate surface area is 105 Å². The average molecular weight is 246 g/mol. The highest BCUT2D eigenvalue weighted by Crippen LogP contribution is 2.35. The third kappa shape index (κ3) is 2.96. The Bertz CT molecular complexity index is 451. The predicted octanol–water partition coefficient (Wildman–Crippen LogP) is 3.04. The van der Waals surface area contributed by atoms with Gasteiger partial charge in [0.2, 0.25) is 0 Å². The number of rotatable bonds is 5. The van der Waals surface area contributed by atoms with E-state index in [0.29, 0.717) is 0 Å². The number of carbonyl (C=O) groups is 2. The summed E-state index contributed by atoms with van der Waals surface area (Å²) in [7, 11) is 0. The molecule has 0 fully saturated rings. The summed E-state index contributed by atoms with van der Waals surface area (Å²) in [5, 5.41) is 0. The van der Waals surface area contributed by atoms with Gasteiger partial charge in [-0.3, -0.25) is 9.59 Å². The van der Waals surface area contributed by atoms with Gasteiger partial charge in [-0.05, 0) is 32.1 Å². The van der Waals surface area contributed by atoms with Crippen LogP contribution >= 0.6 is 11.8 Å². The fourth-order valence-corrected chi connectivity index (χ4v) is 2.54. The average Bonchev–Trinajstić information content (AvgIpc) is 2.29. The van der Waals surface area contributed by atoms with Gasteiger partial charge in [0, 0.05) is 4.90 Å². The maximum Gasteiger partial charge on any atom is 0.162 e. The first kappa shape index (κ1) is 13.5. The smallest absolute Gasteiger partial charge is 0.162 e. The van der Waals surface area contributed by atoms with E-state index in [1.807, 2.05) is 30.3 Å². The lowest BCUT2D eigenvalue weighted by molar-refractivity contribution is -0.126. The molecule has 1 aromatic carbocycles. The molecule has 0 aliphatic carbocycles. The van der Waals surface area contributed by atoms with E-state index in [-0.39, 0.29) is 11.6 Å². The summed E-state index contributed by atoms with van der Waals surface area (Å²) in [6.07, 6.45) is 1.44. The number of hydrogen-bond donors (Lipinski definition) is 0. The molecular weight excluding hydrogens is 232 g/mol. The zero-order valence-corrected chi connectivity index (χ0v) is 10.7. The van der Waals surface area contributed by atoms with Crippen molar-refractivity contribution in [2.75, 3.05) is 0 Å². The monoisotopic (exact) mass is 246 g/mol. The summed E-state index contributed by atoms with van der Waals surface area (Å²) in [6.45, 7) is 6.27. The molecule has 3 heteroatoms. The summed E-state index contributed by atoms with van der Waals surface area (Å²) >= 11 is 1.22. The number of thioether (sulfide) groups is 1. The van der Waals surface area contributed by atoms with Crippen LogP contribution in [-0.2, 0) is 9.59 Å². The fourth-order valence-electron chi connectivity index (χ4n) is 1.44. The number of ketones is 2. The molecule has 0 radical (unpaired) electrons. The van der Waals surface area contributed by atoms with Gasteiger partial charge in [0.25, 0.3) is 0 Å². The van der Waals surface area contributed by atoms with Crippen LogP contribution < -0.4 is 0 Å². The van der Waals surface area contributed by atoms with E-state index in [0.717, 1.165) is 4.90 Å². The van der Waals surface area contributed by atoms with E-state index < -0.39 is 4.75 Å². The Morgan fingerprint density at radius 3 is 2.18 bits per heavy atom. The van der Waals surface area contributed by atoms with Crippen LogP contribution in [0.5, 0.6) is 0 Å². The molecule has 17 heavy (non-hydrogen) atoms. The Hall–Kier alpha value is -1.57. The molecule has 1 rings (SSSR count). The highest BCUT2D eigenvalue weighted by molar-refractivity contribution is 8.02. The second-order valence-corrected chi connectivity index (χ2v) is 4.93. The minimum atomic E-state index is -1.21. The van der Waals surface area contributed by atoms with Crippen molar-refractivity contribution < 1.29 is 9.59 Å². The largest absolute Gasteiger partial charge is 0.298 e. The third-order valence-electron chi connectivity index (χ3n) is 2.37. The van der Waals surface area contributed by atoms with Crippen molar-refractivity contribution in [3.05, 3.63) is 48.7 Å². The van der Waals surface area contributed by atoms with Gasteiger partial charge < -0.3 is 0 Å². The third-order valence-corrected chi connectivity index (χ3v) is 3.90. The van der Waals surface area contributed by atoms with Gasteiger partial charge in [-0.2, -0.15) is 0 Å². The van der Waals surface area contributed by atoms with Crippen LogP contribution in [0.3, 0.4) is 0 Å². The van der Waals surface area contributed by atoms with E-state index in [4.69, 9.17) is 0 Å². The molecule has 0 bridgehead atoms. The number of carbonyl (C=O) groups excluding carboxylic acids is 2. The quantitative estimate of drug-likeness (QED) is 0.455. The fraction of sp³-hybridized carbons (Fsp3) is 0.214. The molecule has 0 spiro atoms. The Morgan fingerprint density at radius 1 is 1.24 bits per heavy atom. The van der Waals surface area contributed by atoms with E-state index >= 15 is 0 Å². The van der Waals surface area contributed by atoms with Gasteiger partial charge in [-0.1, -0.05) is 36.5 Å². The normalized spacial score (nSPS) is 10.5. The van der Waals surface area contributed by atoms with Crippen LogP contribution in [-0.4, -0.2) is 16.3 Å². The van der Waals surface area contributed by atoms with Crippen molar-refractivity contribution in [1.82, 2.24) is 0 Å². The molecule has 0 saturated carbocycles. The molecule has 0 saturated heterocycles. The Balaban J connectivity index is 3.20. The zero-order chi connectivity index (χ0) is 12.9. The van der Waals surface area contributed by atoms with Crippen molar-refractivity contribution in [2.24, 2.45) is 0 Å². The van der Waals surface area contributed by atoms with Crippen LogP contribution in [0.1, 0.15) is 13.8 Å². The second-order valence-electron chi connectivity index (χ2n) is 3.61. The first-order chi connectivity index (χ1) is 8.03. The lowest BCUT2D eigenvalue weighted by atomic mass is 10.00. The molecule has 0 heterocycles. The SMILES string of the molecule is C=C=CC(Sc1ccccc1)(C(C)=O)C(C)=O. The van der Waals surface area contributed by atoms with Crippen LogP contribution in [0, 0.1) is 0 Å². The molecule has 0 N–H and O–H groups in total. The van der Waals surface area contributed by atoms with Crippen molar-refractivity contribution >= 4 is 23.3 Å². The van der Waals surface area contributed by atoms with E-state index in [9.17, 15) is 9.59 Å². The van der Waals surface area contributed by atoms with Crippen LogP contribution in [0.15, 0.2) is 53.6 Å². The van der Waals surface area contributed by atoms with Crippen LogP contribution in [0.4, 0.5) is 0 Å². The molecule has 88 valence electrons. The van der Waals surface area contributed by atoms with Crippen LogP contribution in [0.25, 0.3) is 0 Å². The molecular formula is C14H14O2S.